The number of para-hydroxylation sites is 1. The SMILES string of the molecule is CCc1cccc2c1[nH]c1cc(NC(=O)/C=C/c3ccc(Cl)cc3Cl)ccc12. The summed E-state index contributed by atoms with van der Waals surface area (Å²) in [6.07, 6.45) is 4.09. The second kappa shape index (κ2) is 7.70. The first-order chi connectivity index (χ1) is 13.5. The summed E-state index contributed by atoms with van der Waals surface area (Å²) in [5.74, 6) is -0.226. The van der Waals surface area contributed by atoms with E-state index >= 15 is 0 Å². The van der Waals surface area contributed by atoms with Gasteiger partial charge in [-0.2, -0.15) is 0 Å². The standard InChI is InChI=1S/C23H18Cl2N2O/c1-2-14-4-3-5-19-18-10-9-17(13-21(18)27-23(14)19)26-22(28)11-7-15-6-8-16(24)12-20(15)25/h3-13,27H,2H2,1H3,(H,26,28)/b11-7+. The van der Waals surface area contributed by atoms with Gasteiger partial charge < -0.3 is 10.3 Å². The highest BCUT2D eigenvalue weighted by Gasteiger charge is 2.08. The predicted octanol–water partition coefficient (Wildman–Crippen LogP) is 6.84. The zero-order chi connectivity index (χ0) is 19.7. The fraction of sp³-hybridized carbons (Fsp3) is 0.0870. The molecule has 1 amide bonds. The number of aromatic amines is 1. The summed E-state index contributed by atoms with van der Waals surface area (Å²) in [5.41, 5.74) is 4.90. The molecule has 0 saturated carbocycles. The van der Waals surface area contributed by atoms with E-state index < -0.39 is 0 Å². The number of hydrogen-bond acceptors (Lipinski definition) is 1. The van der Waals surface area contributed by atoms with Crippen LogP contribution in [0.2, 0.25) is 10.0 Å². The molecule has 5 heteroatoms. The van der Waals surface area contributed by atoms with Gasteiger partial charge in [-0.05, 0) is 47.9 Å². The average molecular weight is 409 g/mol. The van der Waals surface area contributed by atoms with Gasteiger partial charge in [0.2, 0.25) is 5.91 Å². The molecule has 0 radical (unpaired) electrons. The van der Waals surface area contributed by atoms with Crippen molar-refractivity contribution in [1.82, 2.24) is 4.98 Å². The molecule has 0 aliphatic rings. The summed E-state index contributed by atoms with van der Waals surface area (Å²) < 4.78 is 0. The molecule has 2 N–H and O–H groups in total. The van der Waals surface area contributed by atoms with Crippen molar-refractivity contribution in [3.05, 3.63) is 81.8 Å². The van der Waals surface area contributed by atoms with E-state index in [1.165, 1.54) is 17.0 Å². The van der Waals surface area contributed by atoms with Crippen LogP contribution in [0.4, 0.5) is 5.69 Å². The van der Waals surface area contributed by atoms with Gasteiger partial charge in [-0.3, -0.25) is 4.79 Å². The summed E-state index contributed by atoms with van der Waals surface area (Å²) in [6.45, 7) is 2.14. The maximum Gasteiger partial charge on any atom is 0.248 e. The van der Waals surface area contributed by atoms with E-state index in [1.54, 1.807) is 24.3 Å². The minimum atomic E-state index is -0.226. The first-order valence-electron chi connectivity index (χ1n) is 9.02. The van der Waals surface area contributed by atoms with Crippen LogP contribution in [-0.4, -0.2) is 10.9 Å². The zero-order valence-corrected chi connectivity index (χ0v) is 16.7. The Labute approximate surface area is 173 Å². The van der Waals surface area contributed by atoms with Gasteiger partial charge in [0.15, 0.2) is 0 Å². The summed E-state index contributed by atoms with van der Waals surface area (Å²) in [5, 5.41) is 6.30. The number of rotatable bonds is 4. The first-order valence-corrected chi connectivity index (χ1v) is 9.78. The second-order valence-electron chi connectivity index (χ2n) is 6.57. The highest BCUT2D eigenvalue weighted by atomic mass is 35.5. The molecule has 1 aromatic heterocycles. The third-order valence-corrected chi connectivity index (χ3v) is 5.31. The van der Waals surface area contributed by atoms with E-state index in [9.17, 15) is 4.79 Å². The van der Waals surface area contributed by atoms with Gasteiger partial charge in [-0.15, -0.1) is 0 Å². The summed E-state index contributed by atoms with van der Waals surface area (Å²) in [4.78, 5) is 15.8. The van der Waals surface area contributed by atoms with Crippen LogP contribution in [0.1, 0.15) is 18.1 Å². The second-order valence-corrected chi connectivity index (χ2v) is 7.41. The molecule has 3 nitrogen and oxygen atoms in total. The Bertz CT molecular complexity index is 1220. The van der Waals surface area contributed by atoms with Crippen LogP contribution < -0.4 is 5.32 Å². The van der Waals surface area contributed by atoms with Crippen LogP contribution in [0, 0.1) is 0 Å². The number of aromatic nitrogens is 1. The lowest BCUT2D eigenvalue weighted by Gasteiger charge is -2.03. The predicted molar refractivity (Wildman–Crippen MR) is 119 cm³/mol. The molecule has 0 spiro atoms. The third kappa shape index (κ3) is 3.64. The van der Waals surface area contributed by atoms with Gasteiger partial charge >= 0.3 is 0 Å². The molecule has 0 fully saturated rings. The maximum absolute atomic E-state index is 12.3. The minimum Gasteiger partial charge on any atom is -0.354 e. The fourth-order valence-corrected chi connectivity index (χ4v) is 3.82. The molecule has 0 unspecified atom stereocenters. The van der Waals surface area contributed by atoms with Gasteiger partial charge in [0.05, 0.1) is 0 Å². The molecule has 4 aromatic rings. The Morgan fingerprint density at radius 2 is 1.93 bits per heavy atom. The smallest absolute Gasteiger partial charge is 0.248 e. The van der Waals surface area contributed by atoms with Crippen LogP contribution in [0.25, 0.3) is 27.9 Å². The number of benzene rings is 3. The number of halogens is 2. The molecule has 140 valence electrons. The summed E-state index contributed by atoms with van der Waals surface area (Å²) in [6, 6.07) is 17.4. The van der Waals surface area contributed by atoms with E-state index in [4.69, 9.17) is 23.2 Å². The van der Waals surface area contributed by atoms with Crippen LogP contribution in [-0.2, 0) is 11.2 Å². The van der Waals surface area contributed by atoms with Crippen LogP contribution >= 0.6 is 23.2 Å². The third-order valence-electron chi connectivity index (χ3n) is 4.75. The van der Waals surface area contributed by atoms with E-state index in [2.05, 4.69) is 35.4 Å². The Hall–Kier alpha value is -2.75. The van der Waals surface area contributed by atoms with E-state index in [1.807, 2.05) is 18.2 Å². The molecule has 0 atom stereocenters. The van der Waals surface area contributed by atoms with Gasteiger partial charge in [0.1, 0.15) is 0 Å². The summed E-state index contributed by atoms with van der Waals surface area (Å²) in [7, 11) is 0. The molecular formula is C23H18Cl2N2O. The quantitative estimate of drug-likeness (QED) is 0.356. The Morgan fingerprint density at radius 1 is 1.07 bits per heavy atom. The molecule has 4 rings (SSSR count). The normalized spacial score (nSPS) is 11.5. The number of H-pyrrole nitrogens is 1. The Balaban J connectivity index is 1.58. The van der Waals surface area contributed by atoms with Gasteiger partial charge in [-0.25, -0.2) is 0 Å². The number of amides is 1. The lowest BCUT2D eigenvalue weighted by atomic mass is 10.1. The molecule has 0 saturated heterocycles. The number of carbonyl (C=O) groups is 1. The van der Waals surface area contributed by atoms with E-state index in [0.717, 1.165) is 34.1 Å². The van der Waals surface area contributed by atoms with Crippen molar-refractivity contribution >= 4 is 62.7 Å². The number of nitrogens with one attached hydrogen (secondary N) is 2. The summed E-state index contributed by atoms with van der Waals surface area (Å²) >= 11 is 12.0. The topological polar surface area (TPSA) is 44.9 Å². The minimum absolute atomic E-state index is 0.226. The van der Waals surface area contributed by atoms with Crippen molar-refractivity contribution in [3.63, 3.8) is 0 Å². The molecular weight excluding hydrogens is 391 g/mol. The van der Waals surface area contributed by atoms with Gasteiger partial charge in [-0.1, -0.05) is 60.5 Å². The first kappa shape index (κ1) is 18.6. The molecule has 28 heavy (non-hydrogen) atoms. The fourth-order valence-electron chi connectivity index (χ4n) is 3.35. The number of fused-ring (bicyclic) bond motifs is 3. The number of anilines is 1. The monoisotopic (exact) mass is 408 g/mol. The highest BCUT2D eigenvalue weighted by molar-refractivity contribution is 6.35. The van der Waals surface area contributed by atoms with Crippen LogP contribution in [0.5, 0.6) is 0 Å². The average Bonchev–Trinajstić information content (AvgIpc) is 3.05. The maximum atomic E-state index is 12.3. The van der Waals surface area contributed by atoms with Crippen LogP contribution in [0.15, 0.2) is 60.7 Å². The zero-order valence-electron chi connectivity index (χ0n) is 15.2. The van der Waals surface area contributed by atoms with Gasteiger partial charge in [0, 0.05) is 43.6 Å². The number of carbonyl (C=O) groups excluding carboxylic acids is 1. The van der Waals surface area contributed by atoms with Crippen molar-refractivity contribution in [2.24, 2.45) is 0 Å². The highest BCUT2D eigenvalue weighted by Crippen LogP contribution is 2.30. The van der Waals surface area contributed by atoms with Crippen molar-refractivity contribution in [3.8, 4) is 0 Å². The largest absolute Gasteiger partial charge is 0.354 e. The number of hydrogen-bond donors (Lipinski definition) is 2. The van der Waals surface area contributed by atoms with Crippen molar-refractivity contribution in [1.29, 1.82) is 0 Å². The lowest BCUT2D eigenvalue weighted by molar-refractivity contribution is -0.111. The number of aryl methyl sites for hydroxylation is 1. The molecule has 1 heterocycles. The van der Waals surface area contributed by atoms with E-state index in [0.29, 0.717) is 10.0 Å². The van der Waals surface area contributed by atoms with Crippen molar-refractivity contribution < 1.29 is 4.79 Å². The van der Waals surface area contributed by atoms with Crippen molar-refractivity contribution in [2.45, 2.75) is 13.3 Å². The molecule has 3 aromatic carbocycles. The lowest BCUT2D eigenvalue weighted by Crippen LogP contribution is -2.07. The Kier molecular flexibility index (Phi) is 5.12. The Morgan fingerprint density at radius 3 is 2.71 bits per heavy atom. The molecule has 0 aliphatic heterocycles. The molecule has 0 bridgehead atoms. The molecule has 0 aliphatic carbocycles. The van der Waals surface area contributed by atoms with Crippen molar-refractivity contribution in [2.75, 3.05) is 5.32 Å². The van der Waals surface area contributed by atoms with Gasteiger partial charge in [0.25, 0.3) is 0 Å². The van der Waals surface area contributed by atoms with E-state index in [-0.39, 0.29) is 5.91 Å². The van der Waals surface area contributed by atoms with Crippen LogP contribution in [0.3, 0.4) is 0 Å².